The fourth-order valence-corrected chi connectivity index (χ4v) is 2.36. The highest BCUT2D eigenvalue weighted by Gasteiger charge is 2.07. The summed E-state index contributed by atoms with van der Waals surface area (Å²) in [5.74, 6) is 0. The van der Waals surface area contributed by atoms with Crippen molar-refractivity contribution in [1.82, 2.24) is 14.7 Å². The lowest BCUT2D eigenvalue weighted by molar-refractivity contribution is 0.635. The highest BCUT2D eigenvalue weighted by Crippen LogP contribution is 2.12. The molecule has 4 heteroatoms. The molecule has 0 aliphatic heterocycles. The van der Waals surface area contributed by atoms with Gasteiger partial charge < -0.3 is 9.72 Å². The Labute approximate surface area is 113 Å². The Bertz CT molecular complexity index is 507. The molecule has 0 aliphatic rings. The second kappa shape index (κ2) is 6.25. The van der Waals surface area contributed by atoms with E-state index < -0.39 is 0 Å². The van der Waals surface area contributed by atoms with E-state index in [9.17, 15) is 0 Å². The van der Waals surface area contributed by atoms with Gasteiger partial charge in [-0.2, -0.15) is 11.8 Å². The van der Waals surface area contributed by atoms with E-state index in [-0.39, 0.29) is 0 Å². The number of aryl methyl sites for hydroxylation is 1. The van der Waals surface area contributed by atoms with Crippen molar-refractivity contribution in [3.05, 3.63) is 35.8 Å². The number of aromatic nitrogens is 2. The van der Waals surface area contributed by atoms with Crippen LogP contribution in [0.2, 0.25) is 0 Å². The fourth-order valence-electron chi connectivity index (χ4n) is 2.01. The Morgan fingerprint density at radius 3 is 3.06 bits per heavy atom. The summed E-state index contributed by atoms with van der Waals surface area (Å²) < 4.78 is 2.17. The lowest BCUT2D eigenvalue weighted by Gasteiger charge is -2.09. The van der Waals surface area contributed by atoms with Crippen LogP contribution in [0.4, 0.5) is 0 Å². The Balaban J connectivity index is 1.97. The molecule has 0 saturated carbocycles. The van der Waals surface area contributed by atoms with Crippen LogP contribution in [0.25, 0.3) is 5.65 Å². The van der Waals surface area contributed by atoms with E-state index in [0.29, 0.717) is 0 Å². The molecule has 98 valence electrons. The summed E-state index contributed by atoms with van der Waals surface area (Å²) in [6.07, 6.45) is 5.45. The van der Waals surface area contributed by atoms with Crippen molar-refractivity contribution in [2.45, 2.75) is 32.1 Å². The molecule has 2 heterocycles. The van der Waals surface area contributed by atoms with E-state index >= 15 is 0 Å². The first-order valence-corrected chi connectivity index (χ1v) is 7.67. The molecule has 0 aliphatic carbocycles. The van der Waals surface area contributed by atoms with E-state index in [1.807, 2.05) is 30.0 Å². The van der Waals surface area contributed by atoms with E-state index in [1.165, 1.54) is 12.1 Å². The third-order valence-corrected chi connectivity index (χ3v) is 4.29. The van der Waals surface area contributed by atoms with E-state index in [2.05, 4.69) is 41.0 Å². The lowest BCUT2D eigenvalue weighted by atomic mass is 10.3. The minimum atomic E-state index is 0.723. The number of hydrogen-bond donors (Lipinski definition) is 1. The predicted molar refractivity (Wildman–Crippen MR) is 79.2 cm³/mol. The van der Waals surface area contributed by atoms with Gasteiger partial charge >= 0.3 is 0 Å². The van der Waals surface area contributed by atoms with Crippen LogP contribution < -0.4 is 5.32 Å². The van der Waals surface area contributed by atoms with Gasteiger partial charge in [0.1, 0.15) is 5.65 Å². The van der Waals surface area contributed by atoms with Crippen LogP contribution in [-0.4, -0.2) is 27.4 Å². The second-order valence-electron chi connectivity index (χ2n) is 4.58. The minimum Gasteiger partial charge on any atom is -0.311 e. The van der Waals surface area contributed by atoms with Crippen LogP contribution in [-0.2, 0) is 6.54 Å². The first-order valence-electron chi connectivity index (χ1n) is 6.38. The van der Waals surface area contributed by atoms with E-state index in [0.717, 1.165) is 29.7 Å². The van der Waals surface area contributed by atoms with Crippen LogP contribution in [0.15, 0.2) is 24.4 Å². The molecular formula is C14H21N3S. The number of rotatable bonds is 6. The van der Waals surface area contributed by atoms with Crippen LogP contribution in [0, 0.1) is 6.92 Å². The molecule has 0 radical (unpaired) electrons. The van der Waals surface area contributed by atoms with Gasteiger partial charge in [-0.3, -0.25) is 0 Å². The van der Waals surface area contributed by atoms with Crippen LogP contribution in [0.1, 0.15) is 24.7 Å². The van der Waals surface area contributed by atoms with Crippen LogP contribution >= 0.6 is 11.8 Å². The van der Waals surface area contributed by atoms with Gasteiger partial charge in [-0.15, -0.1) is 0 Å². The molecular weight excluding hydrogens is 242 g/mol. The van der Waals surface area contributed by atoms with Crippen LogP contribution in [0.5, 0.6) is 0 Å². The van der Waals surface area contributed by atoms with Crippen molar-refractivity contribution >= 4 is 17.4 Å². The average molecular weight is 263 g/mol. The number of hydrogen-bond acceptors (Lipinski definition) is 3. The monoisotopic (exact) mass is 263 g/mol. The van der Waals surface area contributed by atoms with Gasteiger partial charge in [0.05, 0.1) is 11.4 Å². The maximum absolute atomic E-state index is 4.56. The number of imidazole rings is 1. The number of fused-ring (bicyclic) bond motifs is 1. The van der Waals surface area contributed by atoms with Gasteiger partial charge in [0.2, 0.25) is 0 Å². The number of pyridine rings is 1. The first kappa shape index (κ1) is 13.4. The van der Waals surface area contributed by atoms with Gasteiger partial charge in [-0.05, 0) is 38.3 Å². The molecule has 0 fully saturated rings. The quantitative estimate of drug-likeness (QED) is 0.813. The van der Waals surface area contributed by atoms with Crippen molar-refractivity contribution in [2.75, 3.05) is 12.8 Å². The molecule has 1 atom stereocenters. The highest BCUT2D eigenvalue weighted by atomic mass is 32.2. The molecule has 3 nitrogen and oxygen atoms in total. The third kappa shape index (κ3) is 3.06. The number of thioether (sulfide) groups is 1. The molecule has 18 heavy (non-hydrogen) atoms. The maximum atomic E-state index is 4.56. The molecule has 2 aromatic rings. The summed E-state index contributed by atoms with van der Waals surface area (Å²) >= 11 is 1.92. The maximum Gasteiger partial charge on any atom is 0.137 e. The van der Waals surface area contributed by atoms with Crippen molar-refractivity contribution < 1.29 is 0 Å². The zero-order valence-electron chi connectivity index (χ0n) is 11.3. The minimum absolute atomic E-state index is 0.723. The fraction of sp³-hybridized carbons (Fsp3) is 0.500. The third-order valence-electron chi connectivity index (χ3n) is 3.25. The zero-order valence-corrected chi connectivity index (χ0v) is 12.1. The number of nitrogens with one attached hydrogen (secondary N) is 1. The topological polar surface area (TPSA) is 29.3 Å². The van der Waals surface area contributed by atoms with Crippen molar-refractivity contribution in [2.24, 2.45) is 0 Å². The smallest absolute Gasteiger partial charge is 0.137 e. The normalized spacial score (nSPS) is 13.1. The van der Waals surface area contributed by atoms with Gasteiger partial charge in [0, 0.05) is 18.0 Å². The first-order chi connectivity index (χ1) is 8.72. The molecule has 0 saturated heterocycles. The Hall–Kier alpha value is -1.00. The second-order valence-corrected chi connectivity index (χ2v) is 5.86. The Morgan fingerprint density at radius 1 is 1.44 bits per heavy atom. The zero-order chi connectivity index (χ0) is 13.0. The summed E-state index contributed by atoms with van der Waals surface area (Å²) in [5.41, 5.74) is 3.42. The predicted octanol–water partition coefficient (Wildman–Crippen LogP) is 2.87. The van der Waals surface area contributed by atoms with Crippen molar-refractivity contribution in [1.29, 1.82) is 0 Å². The average Bonchev–Trinajstić information content (AvgIpc) is 2.70. The molecule has 1 N–H and O–H groups in total. The molecule has 0 amide bonds. The standard InChI is InChI=1S/C14H21N3S/c1-11(18-3)7-8-15-10-13-12(2)16-14-6-4-5-9-17(13)14/h4-6,9,11,15H,7-8,10H2,1-3H3. The SMILES string of the molecule is CSC(C)CCNCc1c(C)nc2ccccn12. The van der Waals surface area contributed by atoms with Gasteiger partial charge in [-0.25, -0.2) is 4.98 Å². The largest absolute Gasteiger partial charge is 0.311 e. The molecule has 2 aromatic heterocycles. The van der Waals surface area contributed by atoms with Crippen LogP contribution in [0.3, 0.4) is 0 Å². The van der Waals surface area contributed by atoms with Gasteiger partial charge in [0.25, 0.3) is 0 Å². The molecule has 0 spiro atoms. The summed E-state index contributed by atoms with van der Waals surface area (Å²) in [6, 6.07) is 6.12. The van der Waals surface area contributed by atoms with E-state index in [1.54, 1.807) is 0 Å². The summed E-state index contributed by atoms with van der Waals surface area (Å²) in [4.78, 5) is 4.56. The van der Waals surface area contributed by atoms with E-state index in [4.69, 9.17) is 0 Å². The Morgan fingerprint density at radius 2 is 2.28 bits per heavy atom. The Kier molecular flexibility index (Phi) is 4.66. The molecule has 0 aromatic carbocycles. The van der Waals surface area contributed by atoms with Gasteiger partial charge in [0.15, 0.2) is 0 Å². The summed E-state index contributed by atoms with van der Waals surface area (Å²) in [7, 11) is 0. The molecule has 1 unspecified atom stereocenters. The number of nitrogens with zero attached hydrogens (tertiary/aromatic N) is 2. The van der Waals surface area contributed by atoms with Crippen molar-refractivity contribution in [3.8, 4) is 0 Å². The molecule has 0 bridgehead atoms. The molecule has 2 rings (SSSR count). The summed E-state index contributed by atoms with van der Waals surface area (Å²) in [6.45, 7) is 6.29. The summed E-state index contributed by atoms with van der Waals surface area (Å²) in [5, 5.41) is 4.23. The van der Waals surface area contributed by atoms with Crippen molar-refractivity contribution in [3.63, 3.8) is 0 Å². The van der Waals surface area contributed by atoms with Gasteiger partial charge in [-0.1, -0.05) is 13.0 Å². The highest BCUT2D eigenvalue weighted by molar-refractivity contribution is 7.99. The lowest BCUT2D eigenvalue weighted by Crippen LogP contribution is -2.19.